The second-order valence-corrected chi connectivity index (χ2v) is 7.61. The van der Waals surface area contributed by atoms with Gasteiger partial charge in [0.2, 0.25) is 0 Å². The molecule has 0 bridgehead atoms. The molecule has 1 saturated heterocycles. The fourth-order valence-corrected chi connectivity index (χ4v) is 3.67. The summed E-state index contributed by atoms with van der Waals surface area (Å²) in [4.78, 5) is 25.6. The average Bonchev–Trinajstić information content (AvgIpc) is 2.99. The van der Waals surface area contributed by atoms with E-state index in [1.54, 1.807) is 24.1 Å². The van der Waals surface area contributed by atoms with E-state index < -0.39 is 18.3 Å². The van der Waals surface area contributed by atoms with Crippen LogP contribution >= 0.6 is 0 Å². The number of ether oxygens (including phenoxy) is 3. The van der Waals surface area contributed by atoms with Gasteiger partial charge in [-0.1, -0.05) is 35.5 Å². The standard InChI is InChI=1S/C24H29NO5/c1-17-6-4-7-19(11-10-17)8-5-9-22(29-18(2)26)23-16-25(24(27)30-23)20-12-14-21(28-3)15-13-20/h4,6,10-15,22-23H,5,7-9,16H2,1-3H3. The van der Waals surface area contributed by atoms with Crippen molar-refractivity contribution in [2.75, 3.05) is 18.6 Å². The molecule has 2 aliphatic rings. The van der Waals surface area contributed by atoms with E-state index in [4.69, 9.17) is 14.2 Å². The van der Waals surface area contributed by atoms with Crippen LogP contribution in [0.15, 0.2) is 59.7 Å². The van der Waals surface area contributed by atoms with Gasteiger partial charge in [-0.2, -0.15) is 0 Å². The van der Waals surface area contributed by atoms with E-state index in [-0.39, 0.29) is 5.97 Å². The molecule has 30 heavy (non-hydrogen) atoms. The maximum atomic E-state index is 12.4. The highest BCUT2D eigenvalue weighted by Crippen LogP contribution is 2.28. The van der Waals surface area contributed by atoms with E-state index >= 15 is 0 Å². The van der Waals surface area contributed by atoms with Gasteiger partial charge >= 0.3 is 12.1 Å². The highest BCUT2D eigenvalue weighted by Gasteiger charge is 2.38. The monoisotopic (exact) mass is 411 g/mol. The molecule has 1 aliphatic heterocycles. The first-order chi connectivity index (χ1) is 14.5. The van der Waals surface area contributed by atoms with Crippen LogP contribution in [-0.2, 0) is 14.3 Å². The molecule has 0 radical (unpaired) electrons. The van der Waals surface area contributed by atoms with Crippen LogP contribution in [0.5, 0.6) is 5.75 Å². The molecule has 0 aromatic heterocycles. The molecule has 2 atom stereocenters. The Balaban J connectivity index is 1.61. The SMILES string of the molecule is COc1ccc(N2CC(C(CCCC3=CC=C(C)C=CC3)OC(C)=O)OC2=O)cc1. The van der Waals surface area contributed by atoms with Crippen molar-refractivity contribution in [1.29, 1.82) is 0 Å². The lowest BCUT2D eigenvalue weighted by Crippen LogP contribution is -2.34. The number of methoxy groups -OCH3 is 1. The summed E-state index contributed by atoms with van der Waals surface area (Å²) < 4.78 is 16.3. The molecule has 1 amide bonds. The molecule has 3 rings (SSSR count). The molecule has 1 heterocycles. The summed E-state index contributed by atoms with van der Waals surface area (Å²) in [5.41, 5.74) is 3.30. The van der Waals surface area contributed by atoms with Crippen molar-refractivity contribution >= 4 is 17.7 Å². The average molecular weight is 411 g/mol. The fraction of sp³-hybridized carbons (Fsp3) is 0.417. The molecular formula is C24H29NO5. The number of anilines is 1. The van der Waals surface area contributed by atoms with E-state index in [0.717, 1.165) is 24.9 Å². The van der Waals surface area contributed by atoms with Gasteiger partial charge in [0.05, 0.1) is 13.7 Å². The van der Waals surface area contributed by atoms with Crippen LogP contribution in [0.2, 0.25) is 0 Å². The van der Waals surface area contributed by atoms with Gasteiger partial charge in [0, 0.05) is 12.6 Å². The van der Waals surface area contributed by atoms with Gasteiger partial charge in [0.1, 0.15) is 11.9 Å². The lowest BCUT2D eigenvalue weighted by atomic mass is 10.0. The zero-order valence-electron chi connectivity index (χ0n) is 17.8. The van der Waals surface area contributed by atoms with E-state index in [0.29, 0.717) is 18.7 Å². The van der Waals surface area contributed by atoms with Gasteiger partial charge < -0.3 is 14.2 Å². The Labute approximate surface area is 177 Å². The zero-order valence-corrected chi connectivity index (χ0v) is 17.8. The lowest BCUT2D eigenvalue weighted by Gasteiger charge is -2.22. The summed E-state index contributed by atoms with van der Waals surface area (Å²) in [6.07, 6.45) is 10.5. The van der Waals surface area contributed by atoms with Crippen molar-refractivity contribution in [3.63, 3.8) is 0 Å². The fourth-order valence-electron chi connectivity index (χ4n) is 3.67. The number of amides is 1. The molecule has 0 saturated carbocycles. The van der Waals surface area contributed by atoms with Crippen LogP contribution in [0.1, 0.15) is 39.5 Å². The molecule has 160 valence electrons. The Kier molecular flexibility index (Phi) is 7.33. The quantitative estimate of drug-likeness (QED) is 0.566. The van der Waals surface area contributed by atoms with Crippen LogP contribution in [-0.4, -0.2) is 37.9 Å². The van der Waals surface area contributed by atoms with E-state index in [9.17, 15) is 9.59 Å². The molecule has 1 aliphatic carbocycles. The highest BCUT2D eigenvalue weighted by molar-refractivity contribution is 5.89. The minimum Gasteiger partial charge on any atom is -0.497 e. The molecule has 6 nitrogen and oxygen atoms in total. The van der Waals surface area contributed by atoms with Crippen LogP contribution in [0.25, 0.3) is 0 Å². The molecular weight excluding hydrogens is 382 g/mol. The Bertz CT molecular complexity index is 853. The third kappa shape index (κ3) is 5.75. The number of benzene rings is 1. The molecule has 2 unspecified atom stereocenters. The molecule has 6 heteroatoms. The first-order valence-electron chi connectivity index (χ1n) is 10.3. The van der Waals surface area contributed by atoms with Crippen molar-refractivity contribution < 1.29 is 23.8 Å². The number of rotatable bonds is 8. The predicted octanol–water partition coefficient (Wildman–Crippen LogP) is 4.96. The van der Waals surface area contributed by atoms with Gasteiger partial charge in [0.25, 0.3) is 0 Å². The van der Waals surface area contributed by atoms with Gasteiger partial charge in [-0.05, 0) is 56.9 Å². The number of carbonyl (C=O) groups is 2. The number of hydrogen-bond acceptors (Lipinski definition) is 5. The smallest absolute Gasteiger partial charge is 0.414 e. The predicted molar refractivity (Wildman–Crippen MR) is 116 cm³/mol. The summed E-state index contributed by atoms with van der Waals surface area (Å²) in [7, 11) is 1.59. The van der Waals surface area contributed by atoms with Gasteiger partial charge in [-0.25, -0.2) is 4.79 Å². The lowest BCUT2D eigenvalue weighted by molar-refractivity contribution is -0.151. The van der Waals surface area contributed by atoms with Crippen LogP contribution in [0, 0.1) is 0 Å². The highest BCUT2D eigenvalue weighted by atomic mass is 16.6. The minimum atomic E-state index is -0.492. The number of nitrogens with zero attached hydrogens (tertiary/aromatic N) is 1. The van der Waals surface area contributed by atoms with Gasteiger partial charge in [0.15, 0.2) is 6.10 Å². The number of hydrogen-bond donors (Lipinski definition) is 0. The van der Waals surface area contributed by atoms with E-state index in [2.05, 4.69) is 31.2 Å². The number of allylic oxidation sites excluding steroid dienone is 6. The molecule has 1 aromatic rings. The number of cyclic esters (lactones) is 1. The van der Waals surface area contributed by atoms with E-state index in [1.165, 1.54) is 18.1 Å². The topological polar surface area (TPSA) is 65.1 Å². The summed E-state index contributed by atoms with van der Waals surface area (Å²) >= 11 is 0. The summed E-state index contributed by atoms with van der Waals surface area (Å²) in [5, 5.41) is 0. The van der Waals surface area contributed by atoms with Crippen LogP contribution in [0.4, 0.5) is 10.5 Å². The maximum absolute atomic E-state index is 12.4. The Hall–Kier alpha value is -3.02. The summed E-state index contributed by atoms with van der Waals surface area (Å²) in [6, 6.07) is 7.21. The van der Waals surface area contributed by atoms with Crippen molar-refractivity contribution in [2.24, 2.45) is 0 Å². The molecule has 1 aromatic carbocycles. The second kappa shape index (κ2) is 10.1. The Morgan fingerprint density at radius 2 is 2.03 bits per heavy atom. The first kappa shape index (κ1) is 21.7. The zero-order chi connectivity index (χ0) is 21.5. The van der Waals surface area contributed by atoms with Gasteiger partial charge in [-0.3, -0.25) is 9.69 Å². The second-order valence-electron chi connectivity index (χ2n) is 7.61. The third-order valence-electron chi connectivity index (χ3n) is 5.28. The Morgan fingerprint density at radius 3 is 2.73 bits per heavy atom. The molecule has 1 fully saturated rings. The van der Waals surface area contributed by atoms with Crippen LogP contribution in [0.3, 0.4) is 0 Å². The molecule has 0 spiro atoms. The normalized spacial score (nSPS) is 19.5. The largest absolute Gasteiger partial charge is 0.497 e. The first-order valence-corrected chi connectivity index (χ1v) is 10.3. The summed E-state index contributed by atoms with van der Waals surface area (Å²) in [6.45, 7) is 3.81. The van der Waals surface area contributed by atoms with Crippen LogP contribution < -0.4 is 9.64 Å². The number of esters is 1. The third-order valence-corrected chi connectivity index (χ3v) is 5.28. The van der Waals surface area contributed by atoms with Gasteiger partial charge in [-0.15, -0.1) is 0 Å². The van der Waals surface area contributed by atoms with Crippen molar-refractivity contribution in [2.45, 2.75) is 51.7 Å². The molecule has 0 N–H and O–H groups in total. The van der Waals surface area contributed by atoms with Crippen molar-refractivity contribution in [3.05, 3.63) is 59.7 Å². The van der Waals surface area contributed by atoms with Crippen molar-refractivity contribution in [3.8, 4) is 5.75 Å². The number of carbonyl (C=O) groups excluding carboxylic acids is 2. The summed E-state index contributed by atoms with van der Waals surface area (Å²) in [5.74, 6) is 0.350. The maximum Gasteiger partial charge on any atom is 0.414 e. The van der Waals surface area contributed by atoms with Crippen molar-refractivity contribution in [1.82, 2.24) is 0 Å². The van der Waals surface area contributed by atoms with E-state index in [1.807, 2.05) is 12.1 Å². The Morgan fingerprint density at radius 1 is 1.27 bits per heavy atom. The minimum absolute atomic E-state index is 0.344.